The molecule has 0 saturated carbocycles. The minimum absolute atomic E-state index is 0.857. The summed E-state index contributed by atoms with van der Waals surface area (Å²) < 4.78 is 5.24. The number of hydrogen-bond acceptors (Lipinski definition) is 2. The van der Waals surface area contributed by atoms with Gasteiger partial charge in [0.05, 0.1) is 0 Å². The number of para-hydroxylation sites is 1. The van der Waals surface area contributed by atoms with Crippen molar-refractivity contribution in [3.05, 3.63) is 36.2 Å². The Morgan fingerprint density at radius 1 is 1.42 bits per heavy atom. The Hall–Kier alpha value is -1.57. The highest BCUT2D eigenvalue weighted by atomic mass is 16.3. The molecule has 0 radical (unpaired) electrons. The fraction of sp³-hybridized carbons (Fsp3) is 0.100. The van der Waals surface area contributed by atoms with E-state index in [4.69, 9.17) is 4.42 Å². The monoisotopic (exact) mass is 159 g/mol. The van der Waals surface area contributed by atoms with Gasteiger partial charge in [0.15, 0.2) is 12.0 Å². The fourth-order valence-corrected chi connectivity index (χ4v) is 1.22. The van der Waals surface area contributed by atoms with Gasteiger partial charge in [0, 0.05) is 5.56 Å². The second kappa shape index (κ2) is 2.81. The maximum absolute atomic E-state index is 5.24. The maximum atomic E-state index is 5.24. The Morgan fingerprint density at radius 2 is 2.33 bits per heavy atom. The zero-order valence-electron chi connectivity index (χ0n) is 6.82. The van der Waals surface area contributed by atoms with Crippen LogP contribution in [-0.4, -0.2) is 4.98 Å². The molecular weight excluding hydrogens is 150 g/mol. The SMILES string of the molecule is CC=Cc1cccc2ncoc12. The van der Waals surface area contributed by atoms with E-state index in [0.29, 0.717) is 0 Å². The third-order valence-electron chi connectivity index (χ3n) is 1.73. The van der Waals surface area contributed by atoms with Crippen LogP contribution in [0.2, 0.25) is 0 Å². The molecule has 0 saturated heterocycles. The Bertz CT molecular complexity index is 414. The summed E-state index contributed by atoms with van der Waals surface area (Å²) in [5.41, 5.74) is 2.84. The molecule has 0 fully saturated rings. The van der Waals surface area contributed by atoms with E-state index in [1.165, 1.54) is 6.39 Å². The van der Waals surface area contributed by atoms with Gasteiger partial charge in [0.2, 0.25) is 0 Å². The lowest BCUT2D eigenvalue weighted by atomic mass is 10.2. The molecule has 2 heteroatoms. The summed E-state index contributed by atoms with van der Waals surface area (Å²) in [7, 11) is 0. The molecule has 0 aliphatic carbocycles. The summed E-state index contributed by atoms with van der Waals surface area (Å²) in [5, 5.41) is 0. The van der Waals surface area contributed by atoms with E-state index in [-0.39, 0.29) is 0 Å². The molecule has 0 unspecified atom stereocenters. The van der Waals surface area contributed by atoms with Crippen molar-refractivity contribution >= 4 is 17.2 Å². The van der Waals surface area contributed by atoms with E-state index in [1.54, 1.807) is 0 Å². The fourth-order valence-electron chi connectivity index (χ4n) is 1.22. The number of rotatable bonds is 1. The summed E-state index contributed by atoms with van der Waals surface area (Å²) in [6.07, 6.45) is 5.46. The van der Waals surface area contributed by atoms with Crippen molar-refractivity contribution in [3.8, 4) is 0 Å². The first-order chi connectivity index (χ1) is 5.92. The molecule has 0 amide bonds. The number of aromatic nitrogens is 1. The summed E-state index contributed by atoms with van der Waals surface area (Å²) in [5.74, 6) is 0. The van der Waals surface area contributed by atoms with Gasteiger partial charge in [-0.2, -0.15) is 0 Å². The number of benzene rings is 1. The minimum atomic E-state index is 0.857. The van der Waals surface area contributed by atoms with Crippen molar-refractivity contribution in [2.24, 2.45) is 0 Å². The van der Waals surface area contributed by atoms with Gasteiger partial charge in [-0.05, 0) is 13.0 Å². The minimum Gasteiger partial charge on any atom is -0.443 e. The third-order valence-corrected chi connectivity index (χ3v) is 1.73. The number of hydrogen-bond donors (Lipinski definition) is 0. The Labute approximate surface area is 70.5 Å². The number of oxazole rings is 1. The molecule has 60 valence electrons. The van der Waals surface area contributed by atoms with Crippen molar-refractivity contribution in [2.75, 3.05) is 0 Å². The lowest BCUT2D eigenvalue weighted by Crippen LogP contribution is -1.72. The predicted octanol–water partition coefficient (Wildman–Crippen LogP) is 2.86. The predicted molar refractivity (Wildman–Crippen MR) is 48.7 cm³/mol. The van der Waals surface area contributed by atoms with Gasteiger partial charge in [-0.3, -0.25) is 0 Å². The van der Waals surface area contributed by atoms with Crippen LogP contribution >= 0.6 is 0 Å². The second-order valence-electron chi connectivity index (χ2n) is 2.55. The lowest BCUT2D eigenvalue weighted by Gasteiger charge is -1.91. The van der Waals surface area contributed by atoms with Gasteiger partial charge in [-0.25, -0.2) is 4.98 Å². The van der Waals surface area contributed by atoms with E-state index < -0.39 is 0 Å². The first-order valence-electron chi connectivity index (χ1n) is 3.87. The quantitative estimate of drug-likeness (QED) is 0.639. The molecule has 0 aliphatic heterocycles. The lowest BCUT2D eigenvalue weighted by molar-refractivity contribution is 0.601. The topological polar surface area (TPSA) is 26.0 Å². The van der Waals surface area contributed by atoms with Gasteiger partial charge in [0.25, 0.3) is 0 Å². The zero-order valence-corrected chi connectivity index (χ0v) is 6.82. The largest absolute Gasteiger partial charge is 0.443 e. The molecule has 2 aromatic rings. The number of fused-ring (bicyclic) bond motifs is 1. The van der Waals surface area contributed by atoms with Gasteiger partial charge < -0.3 is 4.42 Å². The van der Waals surface area contributed by atoms with E-state index >= 15 is 0 Å². The van der Waals surface area contributed by atoms with Crippen LogP contribution in [0, 0.1) is 0 Å². The Kier molecular flexibility index (Phi) is 1.67. The van der Waals surface area contributed by atoms with Crippen molar-refractivity contribution in [2.45, 2.75) is 6.92 Å². The van der Waals surface area contributed by atoms with Gasteiger partial charge in [0.1, 0.15) is 5.52 Å². The first kappa shape index (κ1) is 7.10. The van der Waals surface area contributed by atoms with Crippen molar-refractivity contribution in [1.82, 2.24) is 4.98 Å². The van der Waals surface area contributed by atoms with Crippen molar-refractivity contribution < 1.29 is 4.42 Å². The van der Waals surface area contributed by atoms with E-state index in [9.17, 15) is 0 Å². The first-order valence-corrected chi connectivity index (χ1v) is 3.87. The molecule has 1 aromatic carbocycles. The molecule has 2 nitrogen and oxygen atoms in total. The summed E-state index contributed by atoms with van der Waals surface area (Å²) in [6, 6.07) is 5.92. The van der Waals surface area contributed by atoms with Crippen LogP contribution in [-0.2, 0) is 0 Å². The summed E-state index contributed by atoms with van der Waals surface area (Å²) in [4.78, 5) is 4.06. The van der Waals surface area contributed by atoms with Crippen molar-refractivity contribution in [3.63, 3.8) is 0 Å². The molecule has 0 aliphatic rings. The molecule has 0 bridgehead atoms. The number of allylic oxidation sites excluding steroid dienone is 1. The molecule has 1 heterocycles. The third kappa shape index (κ3) is 1.01. The highest BCUT2D eigenvalue weighted by Crippen LogP contribution is 2.18. The number of nitrogens with zero attached hydrogens (tertiary/aromatic N) is 1. The molecule has 0 atom stereocenters. The normalized spacial score (nSPS) is 11.4. The van der Waals surface area contributed by atoms with Crippen LogP contribution in [0.4, 0.5) is 0 Å². The van der Waals surface area contributed by atoms with Gasteiger partial charge in [-0.15, -0.1) is 0 Å². The van der Waals surface area contributed by atoms with Gasteiger partial charge in [-0.1, -0.05) is 24.3 Å². The molecule has 0 N–H and O–H groups in total. The average Bonchev–Trinajstić information content (AvgIpc) is 2.53. The Balaban J connectivity index is 2.73. The maximum Gasteiger partial charge on any atom is 0.182 e. The van der Waals surface area contributed by atoms with Gasteiger partial charge >= 0.3 is 0 Å². The zero-order chi connectivity index (χ0) is 8.39. The molecule has 12 heavy (non-hydrogen) atoms. The highest BCUT2D eigenvalue weighted by molar-refractivity contribution is 5.82. The van der Waals surface area contributed by atoms with Crippen molar-refractivity contribution in [1.29, 1.82) is 0 Å². The van der Waals surface area contributed by atoms with Crippen LogP contribution in [0.1, 0.15) is 12.5 Å². The average molecular weight is 159 g/mol. The van der Waals surface area contributed by atoms with Crippen LogP contribution < -0.4 is 0 Å². The molecule has 2 rings (SSSR count). The van der Waals surface area contributed by atoms with E-state index in [1.807, 2.05) is 37.3 Å². The van der Waals surface area contributed by atoms with Crippen LogP contribution in [0.5, 0.6) is 0 Å². The molecule has 0 spiro atoms. The van der Waals surface area contributed by atoms with Crippen LogP contribution in [0.25, 0.3) is 17.2 Å². The second-order valence-corrected chi connectivity index (χ2v) is 2.55. The Morgan fingerprint density at radius 3 is 3.17 bits per heavy atom. The van der Waals surface area contributed by atoms with E-state index in [0.717, 1.165) is 16.7 Å². The smallest absolute Gasteiger partial charge is 0.182 e. The highest BCUT2D eigenvalue weighted by Gasteiger charge is 2.00. The van der Waals surface area contributed by atoms with Crippen LogP contribution in [0.3, 0.4) is 0 Å². The van der Waals surface area contributed by atoms with Crippen LogP contribution in [0.15, 0.2) is 35.1 Å². The van der Waals surface area contributed by atoms with E-state index in [2.05, 4.69) is 4.98 Å². The summed E-state index contributed by atoms with van der Waals surface area (Å²) >= 11 is 0. The standard InChI is InChI=1S/C10H9NO/c1-2-4-8-5-3-6-9-10(8)12-7-11-9/h2-7H,1H3. The molecule has 1 aromatic heterocycles. The summed E-state index contributed by atoms with van der Waals surface area (Å²) in [6.45, 7) is 1.98. The molecular formula is C10H9NO.